The van der Waals surface area contributed by atoms with Crippen molar-refractivity contribution in [1.82, 2.24) is 10.1 Å². The van der Waals surface area contributed by atoms with Crippen molar-refractivity contribution in [3.05, 3.63) is 65.8 Å². The molecule has 3 rings (SSSR count). The maximum atomic E-state index is 12.9. The molecule has 4 nitrogen and oxygen atoms in total. The molecule has 0 N–H and O–H groups in total. The van der Waals surface area contributed by atoms with Gasteiger partial charge in [-0.3, -0.25) is 0 Å². The summed E-state index contributed by atoms with van der Waals surface area (Å²) in [7, 11) is 0. The SMILES string of the molecule is CCc1ccc(OCc2nc(-c3ccc(F)cc3)no2)cc1. The Bertz CT molecular complexity index is 736. The molecule has 112 valence electrons. The average molecular weight is 298 g/mol. The van der Waals surface area contributed by atoms with Crippen molar-refractivity contribution in [1.29, 1.82) is 0 Å². The lowest BCUT2D eigenvalue weighted by Gasteiger charge is -2.03. The summed E-state index contributed by atoms with van der Waals surface area (Å²) < 4.78 is 23.6. The first kappa shape index (κ1) is 14.3. The summed E-state index contributed by atoms with van der Waals surface area (Å²) in [6, 6.07) is 13.8. The smallest absolute Gasteiger partial charge is 0.264 e. The zero-order valence-electron chi connectivity index (χ0n) is 12.1. The number of aromatic nitrogens is 2. The first-order valence-corrected chi connectivity index (χ1v) is 7.05. The Morgan fingerprint density at radius 2 is 1.77 bits per heavy atom. The van der Waals surface area contributed by atoms with Crippen LogP contribution in [0.2, 0.25) is 0 Å². The highest BCUT2D eigenvalue weighted by Crippen LogP contribution is 2.18. The Morgan fingerprint density at radius 3 is 2.45 bits per heavy atom. The second kappa shape index (κ2) is 6.39. The van der Waals surface area contributed by atoms with Gasteiger partial charge in [0.1, 0.15) is 11.6 Å². The van der Waals surface area contributed by atoms with Gasteiger partial charge in [0.2, 0.25) is 5.82 Å². The van der Waals surface area contributed by atoms with Crippen LogP contribution in [-0.2, 0) is 13.0 Å². The normalized spacial score (nSPS) is 10.6. The maximum Gasteiger partial charge on any atom is 0.264 e. The summed E-state index contributed by atoms with van der Waals surface area (Å²) in [5.74, 6) is 1.24. The van der Waals surface area contributed by atoms with Crippen molar-refractivity contribution in [2.75, 3.05) is 0 Å². The molecule has 0 spiro atoms. The number of hydrogen-bond donors (Lipinski definition) is 0. The highest BCUT2D eigenvalue weighted by Gasteiger charge is 2.09. The van der Waals surface area contributed by atoms with E-state index in [2.05, 4.69) is 17.1 Å². The zero-order valence-corrected chi connectivity index (χ0v) is 12.1. The van der Waals surface area contributed by atoms with Crippen LogP contribution in [0.25, 0.3) is 11.4 Å². The van der Waals surface area contributed by atoms with Crippen LogP contribution in [0, 0.1) is 5.82 Å². The fraction of sp³-hybridized carbons (Fsp3) is 0.176. The summed E-state index contributed by atoms with van der Waals surface area (Å²) in [6.45, 7) is 2.30. The fourth-order valence-electron chi connectivity index (χ4n) is 2.00. The van der Waals surface area contributed by atoms with E-state index in [-0.39, 0.29) is 12.4 Å². The Balaban J connectivity index is 1.65. The van der Waals surface area contributed by atoms with Crippen LogP contribution < -0.4 is 4.74 Å². The maximum absolute atomic E-state index is 12.9. The minimum atomic E-state index is -0.300. The molecule has 0 aliphatic carbocycles. The van der Waals surface area contributed by atoms with E-state index >= 15 is 0 Å². The molecule has 0 radical (unpaired) electrons. The number of aryl methyl sites for hydroxylation is 1. The summed E-state index contributed by atoms with van der Waals surface area (Å²) in [4.78, 5) is 4.23. The largest absolute Gasteiger partial charge is 0.484 e. The van der Waals surface area contributed by atoms with Crippen LogP contribution in [-0.4, -0.2) is 10.1 Å². The van der Waals surface area contributed by atoms with Gasteiger partial charge in [-0.05, 0) is 48.4 Å². The number of nitrogens with zero attached hydrogens (tertiary/aromatic N) is 2. The molecule has 0 aliphatic heterocycles. The van der Waals surface area contributed by atoms with Crippen LogP contribution in [0.1, 0.15) is 18.4 Å². The summed E-state index contributed by atoms with van der Waals surface area (Å²) in [6.07, 6.45) is 0.991. The number of hydrogen-bond acceptors (Lipinski definition) is 4. The van der Waals surface area contributed by atoms with Gasteiger partial charge in [-0.1, -0.05) is 24.2 Å². The van der Waals surface area contributed by atoms with Crippen molar-refractivity contribution < 1.29 is 13.7 Å². The molecule has 0 saturated carbocycles. The molecule has 5 heteroatoms. The van der Waals surface area contributed by atoms with Gasteiger partial charge >= 0.3 is 0 Å². The van der Waals surface area contributed by atoms with Gasteiger partial charge < -0.3 is 9.26 Å². The van der Waals surface area contributed by atoms with E-state index in [0.29, 0.717) is 17.3 Å². The Labute approximate surface area is 127 Å². The van der Waals surface area contributed by atoms with Crippen LogP contribution in [0.4, 0.5) is 4.39 Å². The second-order valence-corrected chi connectivity index (χ2v) is 4.80. The monoisotopic (exact) mass is 298 g/mol. The van der Waals surface area contributed by atoms with Crippen LogP contribution in [0.3, 0.4) is 0 Å². The van der Waals surface area contributed by atoms with Crippen molar-refractivity contribution in [3.8, 4) is 17.1 Å². The molecule has 0 saturated heterocycles. The number of halogens is 1. The van der Waals surface area contributed by atoms with Crippen LogP contribution in [0.15, 0.2) is 53.1 Å². The molecule has 3 aromatic rings. The van der Waals surface area contributed by atoms with Gasteiger partial charge in [-0.2, -0.15) is 4.98 Å². The molecule has 0 amide bonds. The molecule has 2 aromatic carbocycles. The lowest BCUT2D eigenvalue weighted by molar-refractivity contribution is 0.243. The van der Waals surface area contributed by atoms with E-state index in [1.807, 2.05) is 24.3 Å². The van der Waals surface area contributed by atoms with E-state index < -0.39 is 0 Å². The summed E-state index contributed by atoms with van der Waals surface area (Å²) in [5.41, 5.74) is 1.95. The van der Waals surface area contributed by atoms with Crippen molar-refractivity contribution in [2.45, 2.75) is 20.0 Å². The van der Waals surface area contributed by atoms with Gasteiger partial charge in [0.05, 0.1) is 0 Å². The van der Waals surface area contributed by atoms with Gasteiger partial charge in [-0.15, -0.1) is 0 Å². The van der Waals surface area contributed by atoms with Crippen molar-refractivity contribution >= 4 is 0 Å². The Kier molecular flexibility index (Phi) is 4.14. The van der Waals surface area contributed by atoms with E-state index in [1.54, 1.807) is 12.1 Å². The van der Waals surface area contributed by atoms with Gasteiger partial charge in [0, 0.05) is 5.56 Å². The molecule has 0 bridgehead atoms. The van der Waals surface area contributed by atoms with Gasteiger partial charge in [0.25, 0.3) is 5.89 Å². The second-order valence-electron chi connectivity index (χ2n) is 4.80. The Morgan fingerprint density at radius 1 is 1.05 bits per heavy atom. The van der Waals surface area contributed by atoms with Crippen LogP contribution >= 0.6 is 0 Å². The number of rotatable bonds is 5. The fourth-order valence-corrected chi connectivity index (χ4v) is 2.00. The van der Waals surface area contributed by atoms with Gasteiger partial charge in [-0.25, -0.2) is 4.39 Å². The third-order valence-corrected chi connectivity index (χ3v) is 3.26. The quantitative estimate of drug-likeness (QED) is 0.714. The third-order valence-electron chi connectivity index (χ3n) is 3.26. The number of ether oxygens (including phenoxy) is 1. The van der Waals surface area contributed by atoms with Crippen molar-refractivity contribution in [3.63, 3.8) is 0 Å². The third kappa shape index (κ3) is 3.31. The predicted molar refractivity (Wildman–Crippen MR) is 79.8 cm³/mol. The topological polar surface area (TPSA) is 48.2 Å². The van der Waals surface area contributed by atoms with Crippen LogP contribution in [0.5, 0.6) is 5.75 Å². The highest BCUT2D eigenvalue weighted by molar-refractivity contribution is 5.53. The molecule has 0 unspecified atom stereocenters. The molecule has 0 fully saturated rings. The summed E-state index contributed by atoms with van der Waals surface area (Å²) >= 11 is 0. The molecular weight excluding hydrogens is 283 g/mol. The molecule has 0 aliphatic rings. The van der Waals surface area contributed by atoms with Gasteiger partial charge in [0.15, 0.2) is 6.61 Å². The number of benzene rings is 2. The average Bonchev–Trinajstić information content (AvgIpc) is 3.03. The Hall–Kier alpha value is -2.69. The lowest BCUT2D eigenvalue weighted by Crippen LogP contribution is -1.96. The van der Waals surface area contributed by atoms with E-state index in [9.17, 15) is 4.39 Å². The lowest BCUT2D eigenvalue weighted by atomic mass is 10.2. The molecule has 0 atom stereocenters. The molecule has 1 heterocycles. The summed E-state index contributed by atoms with van der Waals surface area (Å²) in [5, 5.41) is 3.87. The first-order chi connectivity index (χ1) is 10.7. The minimum absolute atomic E-state index is 0.194. The molecule has 22 heavy (non-hydrogen) atoms. The molecule has 1 aromatic heterocycles. The van der Waals surface area contributed by atoms with E-state index in [0.717, 1.165) is 12.2 Å². The highest BCUT2D eigenvalue weighted by atomic mass is 19.1. The van der Waals surface area contributed by atoms with Crippen molar-refractivity contribution in [2.24, 2.45) is 0 Å². The van der Waals surface area contributed by atoms with E-state index in [4.69, 9.17) is 9.26 Å². The van der Waals surface area contributed by atoms with E-state index in [1.165, 1.54) is 17.7 Å². The first-order valence-electron chi connectivity index (χ1n) is 7.05. The zero-order chi connectivity index (χ0) is 15.4. The minimum Gasteiger partial charge on any atom is -0.484 e. The predicted octanol–water partition coefficient (Wildman–Crippen LogP) is 4.02. The molecular formula is C17H15FN2O2. The standard InChI is InChI=1S/C17H15FN2O2/c1-2-12-3-9-15(10-4-12)21-11-16-19-17(20-22-16)13-5-7-14(18)8-6-13/h3-10H,2,11H2,1H3.